The van der Waals surface area contributed by atoms with Gasteiger partial charge in [-0.05, 0) is 27.2 Å². The fourth-order valence-electron chi connectivity index (χ4n) is 1.58. The fourth-order valence-corrected chi connectivity index (χ4v) is 1.58. The topological polar surface area (TPSA) is 56.1 Å². The number of nitrogens with one attached hydrogen (secondary N) is 1. The maximum absolute atomic E-state index is 11.7. The van der Waals surface area contributed by atoms with Crippen LogP contribution in [0.3, 0.4) is 0 Å². The second-order valence-corrected chi connectivity index (χ2v) is 4.41. The largest absolute Gasteiger partial charge is 0.369 e. The van der Waals surface area contributed by atoms with Gasteiger partial charge in [-0.15, -0.1) is 0 Å². The zero-order valence-electron chi connectivity index (χ0n) is 11.7. The normalized spacial score (nSPS) is 12.4. The van der Waals surface area contributed by atoms with Crippen LogP contribution in [0.2, 0.25) is 0 Å². The number of hydrogen-bond donors (Lipinski definition) is 1. The molecule has 5 heteroatoms. The van der Waals surface area contributed by atoms with Crippen LogP contribution in [-0.2, 0) is 16.1 Å². The molecule has 1 amide bonds. The zero-order chi connectivity index (χ0) is 13.5. The number of aromatic nitrogens is 2. The number of imidazole rings is 1. The quantitative estimate of drug-likeness (QED) is 0.800. The highest BCUT2D eigenvalue weighted by Gasteiger charge is 2.12. The Balaban J connectivity index is 2.29. The lowest BCUT2D eigenvalue weighted by molar-refractivity contribution is -0.131. The molecule has 0 unspecified atom stereocenters. The molecule has 0 aliphatic carbocycles. The van der Waals surface area contributed by atoms with Crippen molar-refractivity contribution >= 4 is 5.91 Å². The van der Waals surface area contributed by atoms with Gasteiger partial charge in [0.25, 0.3) is 0 Å². The molecule has 1 N–H and O–H groups in total. The maximum atomic E-state index is 11.7. The van der Waals surface area contributed by atoms with E-state index in [0.717, 1.165) is 24.4 Å². The van der Waals surface area contributed by atoms with E-state index in [1.54, 1.807) is 13.3 Å². The predicted octanol–water partition coefficient (Wildman–Crippen LogP) is 1.43. The van der Waals surface area contributed by atoms with Gasteiger partial charge in [0.15, 0.2) is 0 Å². The van der Waals surface area contributed by atoms with Gasteiger partial charge >= 0.3 is 0 Å². The van der Waals surface area contributed by atoms with Gasteiger partial charge in [-0.25, -0.2) is 4.98 Å². The number of carbonyl (C=O) groups excluding carboxylic acids is 1. The summed E-state index contributed by atoms with van der Waals surface area (Å²) in [6, 6.07) is 0. The van der Waals surface area contributed by atoms with Gasteiger partial charge in [0.05, 0.1) is 12.0 Å². The summed E-state index contributed by atoms with van der Waals surface area (Å²) in [5, 5.41) is 2.86. The minimum Gasteiger partial charge on any atom is -0.369 e. The Kier molecular flexibility index (Phi) is 5.85. The summed E-state index contributed by atoms with van der Waals surface area (Å²) in [5.74, 6) is -0.0575. The number of ether oxygens (including phenoxy) is 1. The van der Waals surface area contributed by atoms with E-state index < -0.39 is 0 Å². The Labute approximate surface area is 109 Å². The number of carbonyl (C=O) groups is 1. The summed E-state index contributed by atoms with van der Waals surface area (Å²) in [4.78, 5) is 15.9. The minimum absolute atomic E-state index is 0.0575. The molecule has 0 radical (unpaired) electrons. The summed E-state index contributed by atoms with van der Waals surface area (Å²) in [7, 11) is 0. The van der Waals surface area contributed by atoms with Gasteiger partial charge in [-0.2, -0.15) is 0 Å². The van der Waals surface area contributed by atoms with E-state index in [4.69, 9.17) is 4.74 Å². The molecule has 1 rings (SSSR count). The molecule has 1 atom stereocenters. The van der Waals surface area contributed by atoms with Crippen LogP contribution in [-0.4, -0.2) is 34.7 Å². The van der Waals surface area contributed by atoms with E-state index in [2.05, 4.69) is 10.3 Å². The van der Waals surface area contributed by atoms with Crippen LogP contribution >= 0.6 is 0 Å². The molecule has 0 aliphatic heterocycles. The molecule has 1 aromatic heterocycles. The number of rotatable bonds is 7. The Bertz CT molecular complexity index is 388. The molecule has 5 nitrogen and oxygen atoms in total. The van der Waals surface area contributed by atoms with Crippen molar-refractivity contribution in [3.05, 3.63) is 17.7 Å². The highest BCUT2D eigenvalue weighted by Crippen LogP contribution is 2.03. The van der Waals surface area contributed by atoms with E-state index in [1.807, 2.05) is 25.3 Å². The van der Waals surface area contributed by atoms with Gasteiger partial charge in [0.2, 0.25) is 5.91 Å². The predicted molar refractivity (Wildman–Crippen MR) is 70.4 cm³/mol. The van der Waals surface area contributed by atoms with Crippen molar-refractivity contribution < 1.29 is 9.53 Å². The first-order chi connectivity index (χ1) is 8.56. The Morgan fingerprint density at radius 3 is 2.83 bits per heavy atom. The molecule has 102 valence electrons. The fraction of sp³-hybridized carbons (Fsp3) is 0.692. The SMILES string of the molecule is CCCO[C@H](C)C(=O)NCCn1cnc(C)c1C. The van der Waals surface area contributed by atoms with Crippen LogP contribution < -0.4 is 5.32 Å². The molecule has 0 fully saturated rings. The molecular weight excluding hydrogens is 230 g/mol. The van der Waals surface area contributed by atoms with Crippen molar-refractivity contribution in [2.24, 2.45) is 0 Å². The van der Waals surface area contributed by atoms with E-state index >= 15 is 0 Å². The number of aryl methyl sites for hydroxylation is 1. The zero-order valence-corrected chi connectivity index (χ0v) is 11.7. The standard InChI is InChI=1S/C13H23N3O2/c1-5-8-18-12(4)13(17)14-6-7-16-9-15-10(2)11(16)3/h9,12H,5-8H2,1-4H3,(H,14,17)/t12-/m1/s1. The molecule has 0 aromatic carbocycles. The van der Waals surface area contributed by atoms with E-state index in [9.17, 15) is 4.79 Å². The van der Waals surface area contributed by atoms with Crippen LogP contribution in [0.5, 0.6) is 0 Å². The van der Waals surface area contributed by atoms with Gasteiger partial charge in [-0.1, -0.05) is 6.92 Å². The molecule has 1 aromatic rings. The highest BCUT2D eigenvalue weighted by molar-refractivity contribution is 5.80. The van der Waals surface area contributed by atoms with Crippen molar-refractivity contribution in [2.75, 3.05) is 13.2 Å². The molecule has 0 bridgehead atoms. The monoisotopic (exact) mass is 253 g/mol. The smallest absolute Gasteiger partial charge is 0.248 e. The molecular formula is C13H23N3O2. The van der Waals surface area contributed by atoms with Crippen molar-refractivity contribution in [3.63, 3.8) is 0 Å². The van der Waals surface area contributed by atoms with Crippen molar-refractivity contribution in [2.45, 2.75) is 46.8 Å². The van der Waals surface area contributed by atoms with E-state index in [0.29, 0.717) is 13.2 Å². The second-order valence-electron chi connectivity index (χ2n) is 4.41. The summed E-state index contributed by atoms with van der Waals surface area (Å²) >= 11 is 0. The van der Waals surface area contributed by atoms with Gasteiger partial charge < -0.3 is 14.6 Å². The highest BCUT2D eigenvalue weighted by atomic mass is 16.5. The Morgan fingerprint density at radius 1 is 1.56 bits per heavy atom. The molecule has 0 saturated carbocycles. The summed E-state index contributed by atoms with van der Waals surface area (Å²) in [6.07, 6.45) is 2.34. The third kappa shape index (κ3) is 4.14. The van der Waals surface area contributed by atoms with E-state index in [-0.39, 0.29) is 12.0 Å². The van der Waals surface area contributed by atoms with Crippen molar-refractivity contribution in [1.82, 2.24) is 14.9 Å². The lowest BCUT2D eigenvalue weighted by Gasteiger charge is -2.13. The van der Waals surface area contributed by atoms with Crippen LogP contribution in [0, 0.1) is 13.8 Å². The lowest BCUT2D eigenvalue weighted by Crippen LogP contribution is -2.36. The first-order valence-electron chi connectivity index (χ1n) is 6.44. The number of amides is 1. The molecule has 0 saturated heterocycles. The van der Waals surface area contributed by atoms with Crippen molar-refractivity contribution in [3.8, 4) is 0 Å². The van der Waals surface area contributed by atoms with Crippen LogP contribution in [0.25, 0.3) is 0 Å². The molecule has 1 heterocycles. The van der Waals surface area contributed by atoms with Crippen LogP contribution in [0.15, 0.2) is 6.33 Å². The van der Waals surface area contributed by atoms with Gasteiger partial charge in [0, 0.05) is 25.4 Å². The third-order valence-electron chi connectivity index (χ3n) is 2.94. The Morgan fingerprint density at radius 2 is 2.28 bits per heavy atom. The molecule has 0 spiro atoms. The summed E-state index contributed by atoms with van der Waals surface area (Å²) < 4.78 is 7.39. The summed E-state index contributed by atoms with van der Waals surface area (Å²) in [5.41, 5.74) is 2.17. The minimum atomic E-state index is -0.379. The molecule has 0 aliphatic rings. The van der Waals surface area contributed by atoms with Crippen LogP contribution in [0.1, 0.15) is 31.7 Å². The average Bonchev–Trinajstić information content (AvgIpc) is 2.67. The molecule has 18 heavy (non-hydrogen) atoms. The second kappa shape index (κ2) is 7.16. The average molecular weight is 253 g/mol. The summed E-state index contributed by atoms with van der Waals surface area (Å²) in [6.45, 7) is 9.75. The number of hydrogen-bond acceptors (Lipinski definition) is 3. The Hall–Kier alpha value is -1.36. The van der Waals surface area contributed by atoms with Crippen LogP contribution in [0.4, 0.5) is 0 Å². The third-order valence-corrected chi connectivity index (χ3v) is 2.94. The first-order valence-corrected chi connectivity index (χ1v) is 6.44. The lowest BCUT2D eigenvalue weighted by atomic mass is 10.3. The van der Waals surface area contributed by atoms with Gasteiger partial charge in [0.1, 0.15) is 6.10 Å². The number of nitrogens with zero attached hydrogens (tertiary/aromatic N) is 2. The maximum Gasteiger partial charge on any atom is 0.248 e. The van der Waals surface area contributed by atoms with E-state index in [1.165, 1.54) is 0 Å². The van der Waals surface area contributed by atoms with Gasteiger partial charge in [-0.3, -0.25) is 4.79 Å². The first kappa shape index (κ1) is 14.7. The van der Waals surface area contributed by atoms with Crippen molar-refractivity contribution in [1.29, 1.82) is 0 Å².